The lowest BCUT2D eigenvalue weighted by Gasteiger charge is -2.35. The van der Waals surface area contributed by atoms with Crippen LogP contribution < -0.4 is 10.2 Å². The Balaban J connectivity index is 1.68. The fraction of sp³-hybridized carbons (Fsp3) is 0.360. The summed E-state index contributed by atoms with van der Waals surface area (Å²) in [5, 5.41) is 12.6. The van der Waals surface area contributed by atoms with Crippen LogP contribution in [-0.2, 0) is 4.79 Å². The third-order valence-corrected chi connectivity index (χ3v) is 5.52. The maximum absolute atomic E-state index is 12.8. The number of aryl methyl sites for hydroxylation is 2. The second-order valence-electron chi connectivity index (χ2n) is 8.16. The Labute approximate surface area is 179 Å². The van der Waals surface area contributed by atoms with E-state index in [0.717, 1.165) is 43.0 Å². The number of nitriles is 1. The molecular formula is C25H30N4O. The molecule has 1 amide bonds. The number of nitrogens with zero attached hydrogens (tertiary/aromatic N) is 3. The number of amides is 1. The molecule has 1 aliphatic rings. The van der Waals surface area contributed by atoms with Crippen molar-refractivity contribution in [3.63, 3.8) is 0 Å². The van der Waals surface area contributed by atoms with Crippen molar-refractivity contribution in [1.29, 1.82) is 5.26 Å². The molecule has 2 aromatic rings. The van der Waals surface area contributed by atoms with E-state index in [9.17, 15) is 10.1 Å². The van der Waals surface area contributed by atoms with E-state index in [1.54, 1.807) is 6.20 Å². The number of carbonyl (C=O) groups excluding carboxylic acids is 1. The minimum Gasteiger partial charge on any atom is -0.373 e. The molecule has 1 N–H and O–H groups in total. The van der Waals surface area contributed by atoms with Gasteiger partial charge in [0, 0.05) is 43.8 Å². The minimum absolute atomic E-state index is 0.136. The second kappa shape index (κ2) is 9.49. The number of carbonyl (C=O) groups is 1. The van der Waals surface area contributed by atoms with Crippen LogP contribution in [0.15, 0.2) is 54.2 Å². The summed E-state index contributed by atoms with van der Waals surface area (Å²) in [6.07, 6.45) is 1.70. The minimum atomic E-state index is -0.352. The maximum atomic E-state index is 12.8. The molecule has 0 unspecified atom stereocenters. The molecule has 5 nitrogen and oxygen atoms in total. The van der Waals surface area contributed by atoms with Crippen LogP contribution in [0, 0.1) is 25.2 Å². The van der Waals surface area contributed by atoms with Crippen molar-refractivity contribution in [1.82, 2.24) is 4.90 Å². The highest BCUT2D eigenvalue weighted by Crippen LogP contribution is 2.28. The van der Waals surface area contributed by atoms with E-state index in [-0.39, 0.29) is 17.4 Å². The largest absolute Gasteiger partial charge is 0.373 e. The van der Waals surface area contributed by atoms with Crippen LogP contribution in [0.2, 0.25) is 0 Å². The van der Waals surface area contributed by atoms with E-state index in [1.807, 2.05) is 25.1 Å². The lowest BCUT2D eigenvalue weighted by atomic mass is 9.98. The van der Waals surface area contributed by atoms with Gasteiger partial charge < -0.3 is 15.1 Å². The van der Waals surface area contributed by atoms with Crippen molar-refractivity contribution < 1.29 is 4.79 Å². The number of nitrogens with one attached hydrogen (secondary N) is 1. The molecule has 0 aliphatic carbocycles. The molecule has 1 saturated heterocycles. The Kier molecular flexibility index (Phi) is 6.79. The van der Waals surface area contributed by atoms with Gasteiger partial charge in [0.05, 0.1) is 0 Å². The summed E-state index contributed by atoms with van der Waals surface area (Å²) in [5.41, 5.74) is 5.48. The molecule has 156 valence electrons. The van der Waals surface area contributed by atoms with Gasteiger partial charge >= 0.3 is 0 Å². The number of rotatable bonds is 5. The van der Waals surface area contributed by atoms with Crippen LogP contribution in [-0.4, -0.2) is 37.0 Å². The van der Waals surface area contributed by atoms with Crippen molar-refractivity contribution in [3.8, 4) is 6.07 Å². The Bertz CT molecular complexity index is 979. The third-order valence-electron chi connectivity index (χ3n) is 5.52. The number of hydrogen-bond donors (Lipinski definition) is 1. The molecule has 0 aromatic heterocycles. The topological polar surface area (TPSA) is 59.4 Å². The van der Waals surface area contributed by atoms with Gasteiger partial charge in [0.1, 0.15) is 11.6 Å². The fourth-order valence-electron chi connectivity index (χ4n) is 3.78. The quantitative estimate of drug-likeness (QED) is 0.587. The monoisotopic (exact) mass is 402 g/mol. The van der Waals surface area contributed by atoms with E-state index >= 15 is 0 Å². The normalized spacial score (nSPS) is 14.6. The van der Waals surface area contributed by atoms with Crippen LogP contribution in [0.1, 0.15) is 36.5 Å². The SMILES string of the molecule is Cc1cccc(N2CCN(/C=C(/C#N)C(=O)Nc3c(C)cccc3C(C)C)CC2)c1. The molecule has 3 rings (SSSR count). The molecule has 1 heterocycles. The predicted octanol–water partition coefficient (Wildman–Crippen LogP) is 4.60. The van der Waals surface area contributed by atoms with Gasteiger partial charge in [0.15, 0.2) is 0 Å². The summed E-state index contributed by atoms with van der Waals surface area (Å²) in [5.74, 6) is -0.0702. The van der Waals surface area contributed by atoms with Crippen LogP contribution in [0.3, 0.4) is 0 Å². The van der Waals surface area contributed by atoms with E-state index in [4.69, 9.17) is 0 Å². The first kappa shape index (κ1) is 21.4. The average Bonchev–Trinajstić information content (AvgIpc) is 2.73. The first-order chi connectivity index (χ1) is 14.4. The third kappa shape index (κ3) is 5.01. The van der Waals surface area contributed by atoms with Gasteiger partial charge in [-0.05, 0) is 48.6 Å². The van der Waals surface area contributed by atoms with E-state index < -0.39 is 0 Å². The van der Waals surface area contributed by atoms with Crippen molar-refractivity contribution in [2.24, 2.45) is 0 Å². The summed E-state index contributed by atoms with van der Waals surface area (Å²) in [4.78, 5) is 17.2. The van der Waals surface area contributed by atoms with Crippen LogP contribution >= 0.6 is 0 Å². The predicted molar refractivity (Wildman–Crippen MR) is 123 cm³/mol. The molecule has 5 heteroatoms. The van der Waals surface area contributed by atoms with Crippen molar-refractivity contribution >= 4 is 17.3 Å². The van der Waals surface area contributed by atoms with Crippen molar-refractivity contribution in [3.05, 3.63) is 70.9 Å². The number of hydrogen-bond acceptors (Lipinski definition) is 4. The summed E-state index contributed by atoms with van der Waals surface area (Å²) in [6, 6.07) is 16.6. The Hall–Kier alpha value is -3.26. The molecule has 0 spiro atoms. The molecule has 2 aromatic carbocycles. The second-order valence-corrected chi connectivity index (χ2v) is 8.16. The van der Waals surface area contributed by atoms with Crippen LogP contribution in [0.4, 0.5) is 11.4 Å². The molecule has 0 radical (unpaired) electrons. The van der Waals surface area contributed by atoms with E-state index in [0.29, 0.717) is 0 Å². The van der Waals surface area contributed by atoms with E-state index in [2.05, 4.69) is 66.2 Å². The van der Waals surface area contributed by atoms with Gasteiger partial charge in [-0.1, -0.05) is 44.2 Å². The summed E-state index contributed by atoms with van der Waals surface area (Å²) >= 11 is 0. The highest BCUT2D eigenvalue weighted by atomic mass is 16.1. The molecule has 1 aliphatic heterocycles. The van der Waals surface area contributed by atoms with Crippen LogP contribution in [0.25, 0.3) is 0 Å². The molecule has 30 heavy (non-hydrogen) atoms. The Morgan fingerprint density at radius 2 is 1.80 bits per heavy atom. The van der Waals surface area contributed by atoms with Crippen LogP contribution in [0.5, 0.6) is 0 Å². The van der Waals surface area contributed by atoms with E-state index in [1.165, 1.54) is 11.3 Å². The lowest BCUT2D eigenvalue weighted by Crippen LogP contribution is -2.44. The summed E-state index contributed by atoms with van der Waals surface area (Å²) in [6.45, 7) is 11.5. The smallest absolute Gasteiger partial charge is 0.267 e. The summed E-state index contributed by atoms with van der Waals surface area (Å²) in [7, 11) is 0. The Morgan fingerprint density at radius 3 is 2.43 bits per heavy atom. The van der Waals surface area contributed by atoms with Gasteiger partial charge in [0.25, 0.3) is 5.91 Å². The van der Waals surface area contributed by atoms with Gasteiger partial charge in [-0.2, -0.15) is 5.26 Å². The number of benzene rings is 2. The summed E-state index contributed by atoms with van der Waals surface area (Å²) < 4.78 is 0. The highest BCUT2D eigenvalue weighted by molar-refractivity contribution is 6.07. The zero-order valence-corrected chi connectivity index (χ0v) is 18.3. The molecule has 1 fully saturated rings. The molecule has 0 atom stereocenters. The zero-order valence-electron chi connectivity index (χ0n) is 18.3. The van der Waals surface area contributed by atoms with Crippen molar-refractivity contribution in [2.75, 3.05) is 36.4 Å². The maximum Gasteiger partial charge on any atom is 0.267 e. The first-order valence-electron chi connectivity index (χ1n) is 10.5. The average molecular weight is 403 g/mol. The molecule has 0 saturated carbocycles. The first-order valence-corrected chi connectivity index (χ1v) is 10.5. The van der Waals surface area contributed by atoms with Gasteiger partial charge in [-0.3, -0.25) is 4.79 Å². The standard InChI is InChI=1S/C25H30N4O/c1-18(2)23-10-6-8-20(4)24(23)27-25(30)21(16-26)17-28-11-13-29(14-12-28)22-9-5-7-19(3)15-22/h5-10,15,17-18H,11-14H2,1-4H3,(H,27,30)/b21-17-. The van der Waals surface area contributed by atoms with Gasteiger partial charge in [-0.25, -0.2) is 0 Å². The molecular weight excluding hydrogens is 372 g/mol. The fourth-order valence-corrected chi connectivity index (χ4v) is 3.78. The zero-order chi connectivity index (χ0) is 21.7. The van der Waals surface area contributed by atoms with Gasteiger partial charge in [-0.15, -0.1) is 0 Å². The van der Waals surface area contributed by atoms with Gasteiger partial charge in [0.2, 0.25) is 0 Å². The number of para-hydroxylation sites is 1. The highest BCUT2D eigenvalue weighted by Gasteiger charge is 2.19. The van der Waals surface area contributed by atoms with Crippen molar-refractivity contribution in [2.45, 2.75) is 33.6 Å². The Morgan fingerprint density at radius 1 is 1.10 bits per heavy atom. The lowest BCUT2D eigenvalue weighted by molar-refractivity contribution is -0.112. The number of anilines is 2. The number of piperazine rings is 1. The molecule has 0 bridgehead atoms.